The number of halogens is 1. The van der Waals surface area contributed by atoms with E-state index in [-0.39, 0.29) is 5.41 Å². The molecule has 13 heavy (non-hydrogen) atoms. The van der Waals surface area contributed by atoms with Crippen LogP contribution in [-0.4, -0.2) is 4.98 Å². The molecule has 2 heteroatoms. The summed E-state index contributed by atoms with van der Waals surface area (Å²) >= 11 is 3.48. The highest BCUT2D eigenvalue weighted by Gasteiger charge is 2.23. The summed E-state index contributed by atoms with van der Waals surface area (Å²) in [7, 11) is 0. The second kappa shape index (κ2) is 3.79. The Bertz CT molecular complexity index is 288. The first-order valence-corrected chi connectivity index (χ1v) is 5.32. The van der Waals surface area contributed by atoms with Gasteiger partial charge in [0.15, 0.2) is 0 Å². The number of aromatic nitrogens is 1. The predicted octanol–water partition coefficient (Wildman–Crippen LogP) is 3.99. The monoisotopic (exact) mass is 241 g/mol. The van der Waals surface area contributed by atoms with Crippen LogP contribution in [0.3, 0.4) is 0 Å². The van der Waals surface area contributed by atoms with Gasteiger partial charge in [0.2, 0.25) is 0 Å². The van der Waals surface area contributed by atoms with E-state index in [0.717, 1.165) is 4.60 Å². The van der Waals surface area contributed by atoms with Gasteiger partial charge in [-0.15, -0.1) is 0 Å². The van der Waals surface area contributed by atoms with Crippen LogP contribution >= 0.6 is 15.9 Å². The molecular weight excluding hydrogens is 226 g/mol. The Morgan fingerprint density at radius 1 is 1.38 bits per heavy atom. The highest BCUT2D eigenvalue weighted by molar-refractivity contribution is 9.10. The Kier molecular flexibility index (Phi) is 3.12. The van der Waals surface area contributed by atoms with E-state index < -0.39 is 0 Å². The van der Waals surface area contributed by atoms with Gasteiger partial charge in [-0.2, -0.15) is 0 Å². The number of nitrogens with zero attached hydrogens (tertiary/aromatic N) is 1. The summed E-state index contributed by atoms with van der Waals surface area (Å²) in [5.74, 6) is 0.510. The van der Waals surface area contributed by atoms with Crippen LogP contribution in [0.5, 0.6) is 0 Å². The molecule has 0 saturated carbocycles. The topological polar surface area (TPSA) is 12.9 Å². The molecule has 0 bridgehead atoms. The zero-order chi connectivity index (χ0) is 10.1. The van der Waals surface area contributed by atoms with Gasteiger partial charge in [-0.25, -0.2) is 4.98 Å². The van der Waals surface area contributed by atoms with Crippen LogP contribution in [0.1, 0.15) is 39.2 Å². The van der Waals surface area contributed by atoms with E-state index in [4.69, 9.17) is 0 Å². The standard InChI is InChI=1S/C11H16BrN/c1-8(11(2,3)4)9-6-5-7-13-10(9)12/h5-8H,1-4H3. The summed E-state index contributed by atoms with van der Waals surface area (Å²) in [5, 5.41) is 0. The van der Waals surface area contributed by atoms with E-state index in [1.807, 2.05) is 12.3 Å². The molecule has 1 aromatic rings. The van der Waals surface area contributed by atoms with E-state index in [1.54, 1.807) is 0 Å². The van der Waals surface area contributed by atoms with Crippen molar-refractivity contribution in [2.24, 2.45) is 5.41 Å². The lowest BCUT2D eigenvalue weighted by Crippen LogP contribution is -2.15. The van der Waals surface area contributed by atoms with Gasteiger partial charge in [-0.05, 0) is 38.9 Å². The predicted molar refractivity (Wildman–Crippen MR) is 59.8 cm³/mol. The molecular formula is C11H16BrN. The van der Waals surface area contributed by atoms with Gasteiger partial charge < -0.3 is 0 Å². The molecule has 0 fully saturated rings. The zero-order valence-electron chi connectivity index (χ0n) is 8.63. The Hall–Kier alpha value is -0.370. The fourth-order valence-electron chi connectivity index (χ4n) is 1.19. The number of hydrogen-bond donors (Lipinski definition) is 0. The first kappa shape index (κ1) is 10.7. The molecule has 0 amide bonds. The van der Waals surface area contributed by atoms with E-state index in [0.29, 0.717) is 5.92 Å². The number of pyridine rings is 1. The Balaban J connectivity index is 3.02. The SMILES string of the molecule is CC(c1cccnc1Br)C(C)(C)C. The van der Waals surface area contributed by atoms with Gasteiger partial charge in [0.1, 0.15) is 4.60 Å². The maximum absolute atomic E-state index is 4.23. The maximum atomic E-state index is 4.23. The van der Waals surface area contributed by atoms with Crippen molar-refractivity contribution in [1.82, 2.24) is 4.98 Å². The van der Waals surface area contributed by atoms with Gasteiger partial charge in [0.05, 0.1) is 0 Å². The lowest BCUT2D eigenvalue weighted by molar-refractivity contribution is 0.338. The third kappa shape index (κ3) is 2.53. The molecule has 1 heterocycles. The van der Waals surface area contributed by atoms with Gasteiger partial charge in [-0.3, -0.25) is 0 Å². The molecule has 0 aliphatic carbocycles. The molecule has 0 saturated heterocycles. The average molecular weight is 242 g/mol. The molecule has 0 aliphatic heterocycles. The summed E-state index contributed by atoms with van der Waals surface area (Å²) in [6.07, 6.45) is 1.81. The van der Waals surface area contributed by atoms with Crippen LogP contribution in [0, 0.1) is 5.41 Å². The molecule has 0 aromatic carbocycles. The summed E-state index contributed by atoms with van der Waals surface area (Å²) in [4.78, 5) is 4.23. The van der Waals surface area contributed by atoms with Crippen molar-refractivity contribution in [1.29, 1.82) is 0 Å². The molecule has 1 nitrogen and oxygen atoms in total. The first-order chi connectivity index (χ1) is 5.93. The van der Waals surface area contributed by atoms with Crippen LogP contribution in [-0.2, 0) is 0 Å². The van der Waals surface area contributed by atoms with Crippen molar-refractivity contribution in [3.05, 3.63) is 28.5 Å². The second-order valence-electron chi connectivity index (χ2n) is 4.47. The smallest absolute Gasteiger partial charge is 0.109 e. The fraction of sp³-hybridized carbons (Fsp3) is 0.545. The fourth-order valence-corrected chi connectivity index (χ4v) is 1.78. The van der Waals surface area contributed by atoms with Gasteiger partial charge >= 0.3 is 0 Å². The minimum absolute atomic E-state index is 0.283. The van der Waals surface area contributed by atoms with Crippen LogP contribution in [0.15, 0.2) is 22.9 Å². The van der Waals surface area contributed by atoms with Crippen molar-refractivity contribution >= 4 is 15.9 Å². The maximum Gasteiger partial charge on any atom is 0.109 e. The number of rotatable bonds is 1. The van der Waals surface area contributed by atoms with E-state index in [2.05, 4.69) is 54.7 Å². The molecule has 0 aliphatic rings. The van der Waals surface area contributed by atoms with Crippen LogP contribution in [0.2, 0.25) is 0 Å². The van der Waals surface area contributed by atoms with Gasteiger partial charge in [0.25, 0.3) is 0 Å². The third-order valence-corrected chi connectivity index (χ3v) is 3.22. The average Bonchev–Trinajstić information content (AvgIpc) is 2.02. The quantitative estimate of drug-likeness (QED) is 0.678. The summed E-state index contributed by atoms with van der Waals surface area (Å²) in [6.45, 7) is 8.98. The zero-order valence-corrected chi connectivity index (χ0v) is 10.2. The summed E-state index contributed by atoms with van der Waals surface area (Å²) in [5.41, 5.74) is 1.57. The van der Waals surface area contributed by atoms with E-state index >= 15 is 0 Å². The normalized spacial score (nSPS) is 14.2. The summed E-state index contributed by atoms with van der Waals surface area (Å²) in [6, 6.07) is 4.12. The molecule has 1 atom stereocenters. The minimum Gasteiger partial charge on any atom is -0.249 e. The van der Waals surface area contributed by atoms with Crippen LogP contribution in [0.25, 0.3) is 0 Å². The molecule has 0 radical (unpaired) electrons. The number of hydrogen-bond acceptors (Lipinski definition) is 1. The Morgan fingerprint density at radius 3 is 2.46 bits per heavy atom. The highest BCUT2D eigenvalue weighted by atomic mass is 79.9. The Labute approximate surface area is 88.7 Å². The van der Waals surface area contributed by atoms with Crippen LogP contribution < -0.4 is 0 Å². The van der Waals surface area contributed by atoms with Crippen molar-refractivity contribution in [2.45, 2.75) is 33.6 Å². The summed E-state index contributed by atoms with van der Waals surface area (Å²) < 4.78 is 0.970. The second-order valence-corrected chi connectivity index (χ2v) is 5.22. The largest absolute Gasteiger partial charge is 0.249 e. The lowest BCUT2D eigenvalue weighted by Gasteiger charge is -2.27. The molecule has 1 rings (SSSR count). The lowest BCUT2D eigenvalue weighted by atomic mass is 9.78. The van der Waals surface area contributed by atoms with Crippen molar-refractivity contribution < 1.29 is 0 Å². The minimum atomic E-state index is 0.283. The first-order valence-electron chi connectivity index (χ1n) is 4.53. The van der Waals surface area contributed by atoms with Gasteiger partial charge in [0, 0.05) is 6.20 Å². The molecule has 1 unspecified atom stereocenters. The van der Waals surface area contributed by atoms with Crippen molar-refractivity contribution in [3.8, 4) is 0 Å². The molecule has 0 N–H and O–H groups in total. The molecule has 72 valence electrons. The van der Waals surface area contributed by atoms with Crippen molar-refractivity contribution in [2.75, 3.05) is 0 Å². The highest BCUT2D eigenvalue weighted by Crippen LogP contribution is 2.36. The van der Waals surface area contributed by atoms with E-state index in [9.17, 15) is 0 Å². The molecule has 1 aromatic heterocycles. The van der Waals surface area contributed by atoms with Crippen molar-refractivity contribution in [3.63, 3.8) is 0 Å². The molecule has 0 spiro atoms. The van der Waals surface area contributed by atoms with Gasteiger partial charge in [-0.1, -0.05) is 33.8 Å². The van der Waals surface area contributed by atoms with Crippen LogP contribution in [0.4, 0.5) is 0 Å². The Morgan fingerprint density at radius 2 is 2.00 bits per heavy atom. The van der Waals surface area contributed by atoms with E-state index in [1.165, 1.54) is 5.56 Å². The third-order valence-electron chi connectivity index (χ3n) is 2.55.